The largest absolute Gasteiger partial charge is 0.481 e. The standard InChI is InChI=1S/C16H31NO2/c1-5-6-13-7-8-14(16(18)19)15(11-13)17(4)10-9-12(2)3/h12-15H,5-11H2,1-4H3,(H,18,19). The number of hydrogen-bond acceptors (Lipinski definition) is 2. The summed E-state index contributed by atoms with van der Waals surface area (Å²) in [7, 11) is 2.11. The number of nitrogens with zero attached hydrogens (tertiary/aromatic N) is 1. The third-order valence-corrected chi connectivity index (χ3v) is 4.56. The van der Waals surface area contributed by atoms with Crippen LogP contribution in [-0.2, 0) is 4.79 Å². The molecular formula is C16H31NO2. The van der Waals surface area contributed by atoms with Gasteiger partial charge in [-0.1, -0.05) is 33.6 Å². The van der Waals surface area contributed by atoms with Crippen molar-refractivity contribution < 1.29 is 9.90 Å². The molecule has 3 unspecified atom stereocenters. The summed E-state index contributed by atoms with van der Waals surface area (Å²) in [5, 5.41) is 9.42. The Kier molecular flexibility index (Phi) is 6.84. The second-order valence-corrected chi connectivity index (χ2v) is 6.64. The molecule has 0 saturated heterocycles. The summed E-state index contributed by atoms with van der Waals surface area (Å²) in [6.45, 7) is 7.69. The summed E-state index contributed by atoms with van der Waals surface area (Å²) in [6.07, 6.45) is 6.64. The summed E-state index contributed by atoms with van der Waals surface area (Å²) >= 11 is 0. The number of rotatable bonds is 7. The van der Waals surface area contributed by atoms with Crippen molar-refractivity contribution in [3.05, 3.63) is 0 Å². The van der Waals surface area contributed by atoms with Crippen LogP contribution < -0.4 is 0 Å². The highest BCUT2D eigenvalue weighted by molar-refractivity contribution is 5.71. The monoisotopic (exact) mass is 269 g/mol. The molecular weight excluding hydrogens is 238 g/mol. The fourth-order valence-corrected chi connectivity index (χ4v) is 3.30. The normalized spacial score (nSPS) is 28.0. The van der Waals surface area contributed by atoms with E-state index in [9.17, 15) is 9.90 Å². The maximum absolute atomic E-state index is 11.4. The van der Waals surface area contributed by atoms with Crippen LogP contribution in [0.4, 0.5) is 0 Å². The summed E-state index contributed by atoms with van der Waals surface area (Å²) in [4.78, 5) is 13.8. The number of aliphatic carboxylic acids is 1. The molecule has 0 bridgehead atoms. The van der Waals surface area contributed by atoms with E-state index in [-0.39, 0.29) is 12.0 Å². The summed E-state index contributed by atoms with van der Waals surface area (Å²) in [6, 6.07) is 0.238. The Labute approximate surface area is 118 Å². The molecule has 1 N–H and O–H groups in total. The molecule has 1 aliphatic rings. The molecule has 3 heteroatoms. The Morgan fingerprint density at radius 3 is 2.58 bits per heavy atom. The molecule has 0 aromatic heterocycles. The molecule has 3 nitrogen and oxygen atoms in total. The highest BCUT2D eigenvalue weighted by atomic mass is 16.4. The lowest BCUT2D eigenvalue weighted by atomic mass is 9.76. The van der Waals surface area contributed by atoms with Crippen LogP contribution in [0.3, 0.4) is 0 Å². The van der Waals surface area contributed by atoms with E-state index in [0.29, 0.717) is 5.92 Å². The maximum atomic E-state index is 11.4. The van der Waals surface area contributed by atoms with Gasteiger partial charge in [0.15, 0.2) is 0 Å². The second kappa shape index (κ2) is 7.88. The lowest BCUT2D eigenvalue weighted by Gasteiger charge is -2.39. The summed E-state index contributed by atoms with van der Waals surface area (Å²) < 4.78 is 0. The van der Waals surface area contributed by atoms with Gasteiger partial charge in [0.2, 0.25) is 0 Å². The Morgan fingerprint density at radius 2 is 2.05 bits per heavy atom. The Hall–Kier alpha value is -0.570. The molecule has 19 heavy (non-hydrogen) atoms. The van der Waals surface area contributed by atoms with Crippen molar-refractivity contribution in [3.63, 3.8) is 0 Å². The first-order chi connectivity index (χ1) is 8.95. The predicted octanol–water partition coefficient (Wildman–Crippen LogP) is 3.63. The lowest BCUT2D eigenvalue weighted by Crippen LogP contribution is -2.46. The fraction of sp³-hybridized carbons (Fsp3) is 0.938. The highest BCUT2D eigenvalue weighted by Crippen LogP contribution is 2.34. The van der Waals surface area contributed by atoms with Crippen LogP contribution in [0, 0.1) is 17.8 Å². The minimum absolute atomic E-state index is 0.162. The van der Waals surface area contributed by atoms with E-state index in [4.69, 9.17) is 0 Å². The van der Waals surface area contributed by atoms with Gasteiger partial charge < -0.3 is 10.0 Å². The van der Waals surface area contributed by atoms with Crippen LogP contribution in [0.1, 0.15) is 59.3 Å². The summed E-state index contributed by atoms with van der Waals surface area (Å²) in [5.74, 6) is 0.648. The molecule has 1 rings (SSSR count). The van der Waals surface area contributed by atoms with Gasteiger partial charge in [0.25, 0.3) is 0 Å². The molecule has 0 amide bonds. The van der Waals surface area contributed by atoms with Gasteiger partial charge in [-0.2, -0.15) is 0 Å². The van der Waals surface area contributed by atoms with E-state index in [1.807, 2.05) is 0 Å². The Balaban J connectivity index is 2.62. The molecule has 0 radical (unpaired) electrons. The molecule has 0 aromatic carbocycles. The van der Waals surface area contributed by atoms with E-state index < -0.39 is 5.97 Å². The van der Waals surface area contributed by atoms with Crippen molar-refractivity contribution in [1.82, 2.24) is 4.90 Å². The predicted molar refractivity (Wildman–Crippen MR) is 79.2 cm³/mol. The summed E-state index contributed by atoms with van der Waals surface area (Å²) in [5.41, 5.74) is 0. The third kappa shape index (κ3) is 5.13. The Bertz CT molecular complexity index is 278. The average Bonchev–Trinajstić information content (AvgIpc) is 2.36. The van der Waals surface area contributed by atoms with E-state index in [1.165, 1.54) is 12.8 Å². The SMILES string of the molecule is CCCC1CCC(C(=O)O)C(N(C)CCC(C)C)C1. The van der Waals surface area contributed by atoms with Crippen molar-refractivity contribution in [1.29, 1.82) is 0 Å². The minimum Gasteiger partial charge on any atom is -0.481 e. The van der Waals surface area contributed by atoms with Gasteiger partial charge in [-0.15, -0.1) is 0 Å². The van der Waals surface area contributed by atoms with E-state index in [0.717, 1.165) is 38.1 Å². The third-order valence-electron chi connectivity index (χ3n) is 4.56. The van der Waals surface area contributed by atoms with Crippen LogP contribution in [0.25, 0.3) is 0 Å². The second-order valence-electron chi connectivity index (χ2n) is 6.64. The van der Waals surface area contributed by atoms with Gasteiger partial charge in [-0.25, -0.2) is 0 Å². The fourth-order valence-electron chi connectivity index (χ4n) is 3.30. The minimum atomic E-state index is -0.601. The van der Waals surface area contributed by atoms with Crippen molar-refractivity contribution in [2.75, 3.05) is 13.6 Å². The highest BCUT2D eigenvalue weighted by Gasteiger charge is 2.36. The topological polar surface area (TPSA) is 40.5 Å². The Morgan fingerprint density at radius 1 is 1.37 bits per heavy atom. The maximum Gasteiger partial charge on any atom is 0.308 e. The molecule has 0 spiro atoms. The average molecular weight is 269 g/mol. The first-order valence-corrected chi connectivity index (χ1v) is 7.88. The van der Waals surface area contributed by atoms with Gasteiger partial charge in [0.05, 0.1) is 5.92 Å². The first-order valence-electron chi connectivity index (χ1n) is 7.88. The number of carboxylic acids is 1. The van der Waals surface area contributed by atoms with Crippen molar-refractivity contribution in [2.24, 2.45) is 17.8 Å². The number of hydrogen-bond donors (Lipinski definition) is 1. The molecule has 0 heterocycles. The zero-order valence-corrected chi connectivity index (χ0v) is 13.1. The van der Waals surface area contributed by atoms with Gasteiger partial charge >= 0.3 is 5.97 Å². The molecule has 1 saturated carbocycles. The van der Waals surface area contributed by atoms with Crippen molar-refractivity contribution in [3.8, 4) is 0 Å². The van der Waals surface area contributed by atoms with Crippen LogP contribution in [0.15, 0.2) is 0 Å². The van der Waals surface area contributed by atoms with Gasteiger partial charge in [0, 0.05) is 6.04 Å². The van der Waals surface area contributed by atoms with Crippen molar-refractivity contribution in [2.45, 2.75) is 65.3 Å². The van der Waals surface area contributed by atoms with Crippen LogP contribution >= 0.6 is 0 Å². The number of carboxylic acid groups (broad SMARTS) is 1. The molecule has 112 valence electrons. The zero-order chi connectivity index (χ0) is 14.4. The zero-order valence-electron chi connectivity index (χ0n) is 13.1. The smallest absolute Gasteiger partial charge is 0.308 e. The molecule has 0 aromatic rings. The van der Waals surface area contributed by atoms with E-state index in [2.05, 4.69) is 32.7 Å². The van der Waals surface area contributed by atoms with Crippen LogP contribution in [0.5, 0.6) is 0 Å². The van der Waals surface area contributed by atoms with Gasteiger partial charge in [0.1, 0.15) is 0 Å². The number of carbonyl (C=O) groups is 1. The van der Waals surface area contributed by atoms with E-state index >= 15 is 0 Å². The molecule has 3 atom stereocenters. The molecule has 0 aliphatic heterocycles. The first kappa shape index (κ1) is 16.5. The molecule has 1 aliphatic carbocycles. The van der Waals surface area contributed by atoms with Crippen molar-refractivity contribution >= 4 is 5.97 Å². The van der Waals surface area contributed by atoms with Crippen LogP contribution in [0.2, 0.25) is 0 Å². The molecule has 1 fully saturated rings. The van der Waals surface area contributed by atoms with Crippen LogP contribution in [-0.4, -0.2) is 35.6 Å². The van der Waals surface area contributed by atoms with E-state index in [1.54, 1.807) is 0 Å². The lowest BCUT2D eigenvalue weighted by molar-refractivity contribution is -0.146. The van der Waals surface area contributed by atoms with Gasteiger partial charge in [-0.05, 0) is 51.1 Å². The quantitative estimate of drug-likeness (QED) is 0.767. The van der Waals surface area contributed by atoms with Gasteiger partial charge in [-0.3, -0.25) is 4.79 Å².